The van der Waals surface area contributed by atoms with Crippen LogP contribution in [0, 0.1) is 11.6 Å². The van der Waals surface area contributed by atoms with E-state index in [0.29, 0.717) is 55.6 Å². The third kappa shape index (κ3) is 14.6. The van der Waals surface area contributed by atoms with Crippen molar-refractivity contribution >= 4 is 43.9 Å². The molecule has 2 saturated heterocycles. The maximum absolute atomic E-state index is 13.6. The van der Waals surface area contributed by atoms with E-state index >= 15 is 0 Å². The molecule has 0 saturated carbocycles. The average molecular weight is 1020 g/mol. The van der Waals surface area contributed by atoms with E-state index in [0.717, 1.165) is 87.9 Å². The summed E-state index contributed by atoms with van der Waals surface area (Å²) < 4.78 is 117. The lowest BCUT2D eigenvalue weighted by Gasteiger charge is -2.29. The number of halogens is 2. The molecule has 4 aliphatic rings. The number of nitrogens with zero attached hydrogens (tertiary/aromatic N) is 3. The zero-order valence-electron chi connectivity index (χ0n) is 39.8. The van der Waals surface area contributed by atoms with Crippen molar-refractivity contribution in [1.82, 2.24) is 19.8 Å². The molecule has 22 heteroatoms. The van der Waals surface area contributed by atoms with E-state index in [1.807, 2.05) is 29.8 Å². The highest BCUT2D eigenvalue weighted by Crippen LogP contribution is 2.40. The Balaban J connectivity index is 0.000000191. The fraction of sp³-hybridized carbons (Fsp3) is 0.489. The van der Waals surface area contributed by atoms with Crippen LogP contribution >= 0.6 is 0 Å². The Morgan fingerprint density at radius 1 is 0.696 bits per heavy atom. The molecule has 4 heterocycles. The van der Waals surface area contributed by atoms with Gasteiger partial charge in [0, 0.05) is 25.2 Å². The van der Waals surface area contributed by atoms with Gasteiger partial charge in [-0.2, -0.15) is 8.42 Å². The van der Waals surface area contributed by atoms with Gasteiger partial charge in [0.25, 0.3) is 10.1 Å². The van der Waals surface area contributed by atoms with Gasteiger partial charge in [0.15, 0.2) is 0 Å². The summed E-state index contributed by atoms with van der Waals surface area (Å²) in [6, 6.07) is 20.4. The Bertz CT molecular complexity index is 2700. The van der Waals surface area contributed by atoms with Crippen LogP contribution in [0.15, 0.2) is 105 Å². The number of sulfone groups is 2. The van der Waals surface area contributed by atoms with Gasteiger partial charge in [-0.15, -0.1) is 0 Å². The summed E-state index contributed by atoms with van der Waals surface area (Å²) in [5, 5.41) is 22.2. The summed E-state index contributed by atoms with van der Waals surface area (Å²) >= 11 is 0. The van der Waals surface area contributed by atoms with Crippen LogP contribution in [0.4, 0.5) is 8.78 Å². The van der Waals surface area contributed by atoms with E-state index in [9.17, 15) is 44.1 Å². The number of nitrogens with one attached hydrogen (secondary N) is 1. The molecule has 0 radical (unpaired) electrons. The van der Waals surface area contributed by atoms with Gasteiger partial charge >= 0.3 is 14.1 Å². The number of rotatable bonds is 15. The average Bonchev–Trinajstić information content (AvgIpc) is 4.04. The van der Waals surface area contributed by atoms with Crippen molar-refractivity contribution in [3.8, 4) is 11.5 Å². The fourth-order valence-corrected chi connectivity index (χ4v) is 12.0. The minimum absolute atomic E-state index is 0.00132. The van der Waals surface area contributed by atoms with Crippen LogP contribution in [0.3, 0.4) is 0 Å². The summed E-state index contributed by atoms with van der Waals surface area (Å²) in [4.78, 5) is 6.39. The number of ether oxygens (including phenoxy) is 2. The highest BCUT2D eigenvalue weighted by molar-refractivity contribution is 7.91. The fourth-order valence-electron chi connectivity index (χ4n) is 8.99. The van der Waals surface area contributed by atoms with E-state index in [2.05, 4.69) is 10.2 Å². The molecule has 4 aliphatic heterocycles. The van der Waals surface area contributed by atoms with Crippen LogP contribution < -0.4 is 14.8 Å². The molecule has 4 aromatic rings. The molecule has 8 rings (SSSR count). The highest BCUT2D eigenvalue weighted by Gasteiger charge is 2.32. The van der Waals surface area contributed by atoms with Gasteiger partial charge in [-0.3, -0.25) is 4.18 Å². The van der Waals surface area contributed by atoms with Crippen LogP contribution in [0.1, 0.15) is 61.5 Å². The van der Waals surface area contributed by atoms with E-state index in [1.54, 1.807) is 31.8 Å². The lowest BCUT2D eigenvalue weighted by Crippen LogP contribution is -2.43. The van der Waals surface area contributed by atoms with E-state index < -0.39 is 48.5 Å². The molecule has 4 atom stereocenters. The second-order valence-electron chi connectivity index (χ2n) is 18.1. The standard InChI is InChI=1S/C23H30BFN2O4S.C18H19FO6S2.C6H15BN2O/c1-24(28)26(2)19-9-12-27(16-19)11-8-17-10-13-31-23-15-21(6-7-22(17)23)32(29,30)20-5-3-4-18(25)14-20;1-26(20,21)25-10-8-13-7-9-24-18-12-16(5-6-17(13)18)27(22,23)15-4-2-3-14(19)11-15;1-7(10)9(2)6-3-4-8-5-6/h3-7,14-15,17,19,28H,8-13,16H2,1-2H3;2-6,11-13H,7-10H2,1H3;6,8,10H,3-5H2,1-2H3. The first-order valence-electron chi connectivity index (χ1n) is 23.3. The monoisotopic (exact) mass is 1020 g/mol. The molecule has 0 aliphatic carbocycles. The summed E-state index contributed by atoms with van der Waals surface area (Å²) in [6.07, 6.45) is 6.21. The Labute approximate surface area is 407 Å². The second-order valence-corrected chi connectivity index (χ2v) is 23.6. The van der Waals surface area contributed by atoms with Crippen molar-refractivity contribution in [1.29, 1.82) is 0 Å². The molecule has 4 aromatic carbocycles. The summed E-state index contributed by atoms with van der Waals surface area (Å²) in [7, 11) is -8.03. The topological polar surface area (TPSA) is 192 Å². The van der Waals surface area contributed by atoms with Crippen molar-refractivity contribution in [3.05, 3.63) is 108 Å². The Hall–Kier alpha value is -3.96. The number of likely N-dealkylation sites (N-methyl/N-ethyl adjacent to an activating group) is 2. The number of benzene rings is 4. The molecule has 2 fully saturated rings. The first-order chi connectivity index (χ1) is 32.6. The molecular weight excluding hydrogens is 952 g/mol. The van der Waals surface area contributed by atoms with Crippen molar-refractivity contribution in [2.45, 2.75) is 95.7 Å². The van der Waals surface area contributed by atoms with Crippen molar-refractivity contribution in [2.75, 3.05) is 72.9 Å². The third-order valence-corrected chi connectivity index (χ3v) is 17.4. The molecule has 69 heavy (non-hydrogen) atoms. The molecule has 3 N–H and O–H groups in total. The van der Waals surface area contributed by atoms with Crippen LogP contribution in [0.2, 0.25) is 13.6 Å². The van der Waals surface area contributed by atoms with Gasteiger partial charge in [-0.05, 0) is 170 Å². The zero-order chi connectivity index (χ0) is 50.1. The molecule has 15 nitrogen and oxygen atoms in total. The molecule has 0 aromatic heterocycles. The zero-order valence-corrected chi connectivity index (χ0v) is 42.3. The highest BCUT2D eigenvalue weighted by atomic mass is 32.2. The normalized spacial score (nSPS) is 20.4. The first-order valence-corrected chi connectivity index (χ1v) is 28.0. The van der Waals surface area contributed by atoms with Gasteiger partial charge < -0.3 is 39.4 Å². The summed E-state index contributed by atoms with van der Waals surface area (Å²) in [5.41, 5.74) is 1.84. The van der Waals surface area contributed by atoms with E-state index in [4.69, 9.17) is 13.7 Å². The lowest BCUT2D eigenvalue weighted by molar-refractivity contribution is 0.241. The van der Waals surface area contributed by atoms with Gasteiger partial charge in [0.2, 0.25) is 19.7 Å². The van der Waals surface area contributed by atoms with Gasteiger partial charge in [0.05, 0.1) is 45.7 Å². The first kappa shape index (κ1) is 54.4. The summed E-state index contributed by atoms with van der Waals surface area (Å²) in [5.74, 6) is 0.134. The maximum atomic E-state index is 13.6. The molecule has 0 bridgehead atoms. The molecule has 376 valence electrons. The summed E-state index contributed by atoms with van der Waals surface area (Å²) in [6.45, 7) is 9.61. The Morgan fingerprint density at radius 3 is 1.65 bits per heavy atom. The number of fused-ring (bicyclic) bond motifs is 2. The maximum Gasteiger partial charge on any atom is 0.376 e. The van der Waals surface area contributed by atoms with Gasteiger partial charge in [0.1, 0.15) is 23.1 Å². The Morgan fingerprint density at radius 2 is 1.19 bits per heavy atom. The molecular formula is C47H64B2F2N4O11S3. The SMILES string of the molecule is CB(O)N(C)C1CCN(CCC2CCOc3cc(S(=O)(=O)c4cccc(F)c4)ccc32)C1.CB(O)N(C)C1CCNC1.CS(=O)(=O)OCCC1CCOc2cc(S(=O)(=O)c3cccc(F)c3)ccc21. The predicted octanol–water partition coefficient (Wildman–Crippen LogP) is 5.31. The lowest BCUT2D eigenvalue weighted by atomic mass is 9.84. The number of likely N-dealkylation sites (tertiary alicyclic amines) is 1. The van der Waals surface area contributed by atoms with E-state index in [-0.39, 0.29) is 39.2 Å². The quantitative estimate of drug-likeness (QED) is 0.102. The predicted molar refractivity (Wildman–Crippen MR) is 262 cm³/mol. The molecule has 0 amide bonds. The molecule has 0 spiro atoms. The van der Waals surface area contributed by atoms with Crippen molar-refractivity contribution < 1.29 is 57.7 Å². The minimum atomic E-state index is -3.87. The van der Waals surface area contributed by atoms with Gasteiger partial charge in [-0.1, -0.05) is 24.3 Å². The smallest absolute Gasteiger partial charge is 0.376 e. The second kappa shape index (κ2) is 24.0. The van der Waals surface area contributed by atoms with Crippen molar-refractivity contribution in [2.24, 2.45) is 0 Å². The number of hydrogen-bond acceptors (Lipinski definition) is 15. The third-order valence-electron chi connectivity index (χ3n) is 13.3. The van der Waals surface area contributed by atoms with Crippen LogP contribution in [0.5, 0.6) is 11.5 Å². The van der Waals surface area contributed by atoms with Gasteiger partial charge in [-0.25, -0.2) is 25.6 Å². The van der Waals surface area contributed by atoms with Crippen LogP contribution in [0.25, 0.3) is 0 Å². The van der Waals surface area contributed by atoms with E-state index in [1.165, 1.54) is 48.5 Å². The van der Waals surface area contributed by atoms with Crippen molar-refractivity contribution in [3.63, 3.8) is 0 Å². The minimum Gasteiger partial charge on any atom is -0.493 e. The largest absolute Gasteiger partial charge is 0.493 e. The molecule has 4 unspecified atom stereocenters. The Kier molecular flexibility index (Phi) is 18.9. The van der Waals surface area contributed by atoms with Crippen LogP contribution in [-0.4, -0.2) is 149 Å². The van der Waals surface area contributed by atoms with Crippen LogP contribution in [-0.2, 0) is 34.0 Å². The number of hydrogen-bond donors (Lipinski definition) is 3.